The number of aliphatic hydroxyl groups is 2. The van der Waals surface area contributed by atoms with E-state index >= 15 is 0 Å². The standard InChI is InChI=1S/C16H18N4O3/c17-8-11-14(13-12(19-15(11)23)2-1-5-18-13)20-6-3-16(9-21,10-22)4-7-20/h1-2,5,21-22H,3-4,6-7,9-10H2,(H,19,23). The summed E-state index contributed by atoms with van der Waals surface area (Å²) in [6, 6.07) is 5.46. The second kappa shape index (κ2) is 5.99. The summed E-state index contributed by atoms with van der Waals surface area (Å²) in [6.07, 6.45) is 2.80. The molecular weight excluding hydrogens is 296 g/mol. The van der Waals surface area contributed by atoms with Crippen LogP contribution >= 0.6 is 0 Å². The SMILES string of the molecule is N#Cc1c(N2CCC(CO)(CO)CC2)c2ncccc2[nH]c1=O. The molecule has 7 nitrogen and oxygen atoms in total. The quantitative estimate of drug-likeness (QED) is 0.754. The number of pyridine rings is 2. The molecule has 1 aliphatic heterocycles. The highest BCUT2D eigenvalue weighted by molar-refractivity contribution is 5.91. The second-order valence-corrected chi connectivity index (χ2v) is 5.99. The first-order valence-corrected chi connectivity index (χ1v) is 7.52. The number of fused-ring (bicyclic) bond motifs is 1. The molecule has 0 atom stereocenters. The van der Waals surface area contributed by atoms with Gasteiger partial charge in [0.2, 0.25) is 0 Å². The number of rotatable bonds is 3. The Bertz CT molecular complexity index is 810. The van der Waals surface area contributed by atoms with Crippen LogP contribution in [-0.2, 0) is 0 Å². The van der Waals surface area contributed by atoms with Crippen LogP contribution in [0.15, 0.2) is 23.1 Å². The highest BCUT2D eigenvalue weighted by atomic mass is 16.3. The van der Waals surface area contributed by atoms with E-state index in [0.29, 0.717) is 42.7 Å². The van der Waals surface area contributed by atoms with Crippen LogP contribution in [0.1, 0.15) is 18.4 Å². The Balaban J connectivity index is 2.07. The lowest BCUT2D eigenvalue weighted by molar-refractivity contribution is 0.0341. The van der Waals surface area contributed by atoms with Crippen LogP contribution in [0.25, 0.3) is 11.0 Å². The van der Waals surface area contributed by atoms with Crippen LogP contribution in [-0.4, -0.2) is 46.5 Å². The highest BCUT2D eigenvalue weighted by Crippen LogP contribution is 2.35. The lowest BCUT2D eigenvalue weighted by Gasteiger charge is -2.40. The molecule has 0 unspecified atom stereocenters. The normalized spacial score (nSPS) is 17.2. The maximum absolute atomic E-state index is 12.2. The predicted molar refractivity (Wildman–Crippen MR) is 85.1 cm³/mol. The number of hydrogen-bond acceptors (Lipinski definition) is 6. The van der Waals surface area contributed by atoms with Crippen molar-refractivity contribution in [1.82, 2.24) is 9.97 Å². The van der Waals surface area contributed by atoms with E-state index in [2.05, 4.69) is 9.97 Å². The Morgan fingerprint density at radius 2 is 2.04 bits per heavy atom. The Labute approximate surface area is 132 Å². The number of nitrogens with zero attached hydrogens (tertiary/aromatic N) is 3. The Morgan fingerprint density at radius 3 is 2.65 bits per heavy atom. The summed E-state index contributed by atoms with van der Waals surface area (Å²) in [7, 11) is 0. The largest absolute Gasteiger partial charge is 0.396 e. The van der Waals surface area contributed by atoms with Gasteiger partial charge in [0.15, 0.2) is 0 Å². The lowest BCUT2D eigenvalue weighted by Crippen LogP contribution is -2.44. The lowest BCUT2D eigenvalue weighted by atomic mass is 9.80. The molecule has 0 aromatic carbocycles. The van der Waals surface area contributed by atoms with Gasteiger partial charge in [0.1, 0.15) is 17.1 Å². The molecule has 120 valence electrons. The third-order valence-corrected chi connectivity index (χ3v) is 4.67. The van der Waals surface area contributed by atoms with Crippen molar-refractivity contribution < 1.29 is 10.2 Å². The van der Waals surface area contributed by atoms with Crippen molar-refractivity contribution >= 4 is 16.7 Å². The summed E-state index contributed by atoms with van der Waals surface area (Å²) in [6.45, 7) is 0.948. The molecule has 1 fully saturated rings. The van der Waals surface area contributed by atoms with Crippen LogP contribution in [0.5, 0.6) is 0 Å². The summed E-state index contributed by atoms with van der Waals surface area (Å²) in [4.78, 5) is 21.1. The van der Waals surface area contributed by atoms with Gasteiger partial charge in [-0.15, -0.1) is 0 Å². The molecular formula is C16H18N4O3. The van der Waals surface area contributed by atoms with Crippen LogP contribution < -0.4 is 10.5 Å². The average Bonchev–Trinajstić information content (AvgIpc) is 2.60. The van der Waals surface area contributed by atoms with Crippen molar-refractivity contribution in [1.29, 1.82) is 5.26 Å². The van der Waals surface area contributed by atoms with Crippen molar-refractivity contribution in [3.63, 3.8) is 0 Å². The smallest absolute Gasteiger partial charge is 0.268 e. The fourth-order valence-electron chi connectivity index (χ4n) is 3.09. The van der Waals surface area contributed by atoms with Gasteiger partial charge in [-0.1, -0.05) is 0 Å². The summed E-state index contributed by atoms with van der Waals surface area (Å²) < 4.78 is 0. The molecule has 0 saturated carbocycles. The summed E-state index contributed by atoms with van der Waals surface area (Å²) in [5.74, 6) is 0. The molecule has 7 heteroatoms. The molecule has 23 heavy (non-hydrogen) atoms. The molecule has 1 aliphatic rings. The fraction of sp³-hybridized carbons (Fsp3) is 0.438. The van der Waals surface area contributed by atoms with Gasteiger partial charge in [-0.25, -0.2) is 0 Å². The number of anilines is 1. The van der Waals surface area contributed by atoms with Gasteiger partial charge in [0.25, 0.3) is 5.56 Å². The van der Waals surface area contributed by atoms with E-state index in [-0.39, 0.29) is 18.8 Å². The van der Waals surface area contributed by atoms with Gasteiger partial charge in [0, 0.05) is 24.7 Å². The number of nitriles is 1. The minimum atomic E-state index is -0.492. The van der Waals surface area contributed by atoms with Crippen molar-refractivity contribution in [2.45, 2.75) is 12.8 Å². The summed E-state index contributed by atoms with van der Waals surface area (Å²) >= 11 is 0. The molecule has 2 aromatic rings. The van der Waals surface area contributed by atoms with E-state index in [1.807, 2.05) is 11.0 Å². The van der Waals surface area contributed by atoms with Crippen molar-refractivity contribution in [2.75, 3.05) is 31.2 Å². The van der Waals surface area contributed by atoms with Gasteiger partial charge < -0.3 is 20.1 Å². The zero-order valence-corrected chi connectivity index (χ0v) is 12.6. The zero-order valence-electron chi connectivity index (χ0n) is 12.6. The van der Waals surface area contributed by atoms with E-state index in [4.69, 9.17) is 0 Å². The van der Waals surface area contributed by atoms with Crippen molar-refractivity contribution in [3.8, 4) is 6.07 Å². The number of nitrogens with one attached hydrogen (secondary N) is 1. The molecule has 0 bridgehead atoms. The number of aliphatic hydroxyl groups excluding tert-OH is 2. The second-order valence-electron chi connectivity index (χ2n) is 5.99. The van der Waals surface area contributed by atoms with Gasteiger partial charge >= 0.3 is 0 Å². The molecule has 3 rings (SSSR count). The Kier molecular flexibility index (Phi) is 4.03. The van der Waals surface area contributed by atoms with Crippen molar-refractivity contribution in [2.24, 2.45) is 5.41 Å². The van der Waals surface area contributed by atoms with Crippen LogP contribution in [0.2, 0.25) is 0 Å². The van der Waals surface area contributed by atoms with E-state index < -0.39 is 11.0 Å². The number of aromatic amines is 1. The first-order chi connectivity index (χ1) is 11.1. The number of hydrogen-bond donors (Lipinski definition) is 3. The molecule has 3 heterocycles. The van der Waals surface area contributed by atoms with E-state index in [1.54, 1.807) is 18.3 Å². The minimum absolute atomic E-state index is 0.0525. The third-order valence-electron chi connectivity index (χ3n) is 4.67. The topological polar surface area (TPSA) is 113 Å². The fourth-order valence-corrected chi connectivity index (χ4v) is 3.09. The van der Waals surface area contributed by atoms with Crippen LogP contribution in [0, 0.1) is 16.7 Å². The van der Waals surface area contributed by atoms with Gasteiger partial charge in [-0.2, -0.15) is 5.26 Å². The monoisotopic (exact) mass is 314 g/mol. The molecule has 0 amide bonds. The molecule has 0 radical (unpaired) electrons. The Hall–Kier alpha value is -2.43. The van der Waals surface area contributed by atoms with E-state index in [1.165, 1.54) is 0 Å². The van der Waals surface area contributed by atoms with E-state index in [9.17, 15) is 20.3 Å². The minimum Gasteiger partial charge on any atom is -0.396 e. The van der Waals surface area contributed by atoms with Crippen LogP contribution in [0.4, 0.5) is 5.69 Å². The molecule has 0 spiro atoms. The first kappa shape index (κ1) is 15.5. The number of piperidine rings is 1. The third kappa shape index (κ3) is 2.56. The van der Waals surface area contributed by atoms with Crippen LogP contribution in [0.3, 0.4) is 0 Å². The molecule has 3 N–H and O–H groups in total. The maximum atomic E-state index is 12.2. The summed E-state index contributed by atoms with van der Waals surface area (Å²) in [5, 5.41) is 28.4. The van der Waals surface area contributed by atoms with E-state index in [0.717, 1.165) is 0 Å². The molecule has 0 aliphatic carbocycles. The predicted octanol–water partition coefficient (Wildman–Crippen LogP) is 0.366. The zero-order chi connectivity index (χ0) is 16.4. The maximum Gasteiger partial charge on any atom is 0.268 e. The summed E-state index contributed by atoms with van der Waals surface area (Å²) in [5.41, 5.74) is 0.849. The van der Waals surface area contributed by atoms with Crippen molar-refractivity contribution in [3.05, 3.63) is 34.2 Å². The molecule has 1 saturated heterocycles. The van der Waals surface area contributed by atoms with Gasteiger partial charge in [-0.05, 0) is 25.0 Å². The Morgan fingerprint density at radius 1 is 1.35 bits per heavy atom. The average molecular weight is 314 g/mol. The highest BCUT2D eigenvalue weighted by Gasteiger charge is 2.35. The first-order valence-electron chi connectivity index (χ1n) is 7.52. The number of H-pyrrole nitrogens is 1. The van der Waals surface area contributed by atoms with Gasteiger partial charge in [0.05, 0.1) is 24.4 Å². The van der Waals surface area contributed by atoms with Gasteiger partial charge in [-0.3, -0.25) is 9.78 Å². The molecule has 2 aromatic heterocycles. The number of aromatic nitrogens is 2.